The van der Waals surface area contributed by atoms with E-state index >= 15 is 0 Å². The number of rotatable bonds is 11. The molecular weight excluding hydrogens is 591 g/mol. The summed E-state index contributed by atoms with van der Waals surface area (Å²) >= 11 is 5.99. The minimum absolute atomic E-state index is 0.0198. The van der Waals surface area contributed by atoms with Crippen LogP contribution in [0.2, 0.25) is 5.02 Å². The summed E-state index contributed by atoms with van der Waals surface area (Å²) in [7, 11) is 1.69. The van der Waals surface area contributed by atoms with Gasteiger partial charge in [-0.1, -0.05) is 66.2 Å². The molecule has 0 saturated carbocycles. The molecule has 0 N–H and O–H groups in total. The molecule has 1 aliphatic rings. The third-order valence-corrected chi connectivity index (χ3v) is 7.74. The quantitative estimate of drug-likeness (QED) is 0.157. The molecule has 5 nitrogen and oxygen atoms in total. The summed E-state index contributed by atoms with van der Waals surface area (Å²) in [4.78, 5) is 15.0. The summed E-state index contributed by atoms with van der Waals surface area (Å²) in [5.74, 6) is 0.636. The summed E-state index contributed by atoms with van der Waals surface area (Å²) in [6, 6.07) is 29.1. The highest BCUT2D eigenvalue weighted by atomic mass is 35.5. The van der Waals surface area contributed by atoms with Gasteiger partial charge in [-0.3, -0.25) is 4.79 Å². The monoisotopic (exact) mass is 623 g/mol. The molecule has 1 fully saturated rings. The Labute approximate surface area is 260 Å². The van der Waals surface area contributed by atoms with Gasteiger partial charge in [-0.25, -0.2) is 0 Å². The van der Waals surface area contributed by atoms with E-state index in [9.17, 15) is 18.0 Å². The number of epoxide rings is 1. The number of benzene rings is 4. The zero-order valence-corrected chi connectivity index (χ0v) is 25.3. The fourth-order valence-electron chi connectivity index (χ4n) is 5.06. The molecule has 3 atom stereocenters. The van der Waals surface area contributed by atoms with Gasteiger partial charge in [0.1, 0.15) is 29.8 Å². The lowest BCUT2D eigenvalue weighted by molar-refractivity contribution is -0.144. The molecule has 1 heterocycles. The Morgan fingerprint density at radius 1 is 0.841 bits per heavy atom. The van der Waals surface area contributed by atoms with Crippen molar-refractivity contribution in [2.75, 3.05) is 13.6 Å². The number of ether oxygens (including phenoxy) is 3. The molecule has 9 heteroatoms. The van der Waals surface area contributed by atoms with Gasteiger partial charge in [0.2, 0.25) is 0 Å². The lowest BCUT2D eigenvalue weighted by Crippen LogP contribution is -2.47. The first kappa shape index (κ1) is 31.4. The average molecular weight is 624 g/mol. The molecule has 1 saturated heterocycles. The molecule has 230 valence electrons. The number of amides is 1. The van der Waals surface area contributed by atoms with Crippen molar-refractivity contribution >= 4 is 17.5 Å². The molecule has 0 aromatic heterocycles. The average Bonchev–Trinajstić information content (AvgIpc) is 3.80. The van der Waals surface area contributed by atoms with Crippen molar-refractivity contribution in [2.45, 2.75) is 50.4 Å². The highest BCUT2D eigenvalue weighted by Gasteiger charge is 2.41. The van der Waals surface area contributed by atoms with Crippen LogP contribution in [0.1, 0.15) is 60.8 Å². The van der Waals surface area contributed by atoms with Crippen molar-refractivity contribution in [1.82, 2.24) is 4.90 Å². The number of carbonyl (C=O) groups excluding carboxylic acids is 1. The lowest BCUT2D eigenvalue weighted by atomic mass is 10.0. The topological polar surface area (TPSA) is 51.3 Å². The third-order valence-electron chi connectivity index (χ3n) is 7.49. The zero-order valence-electron chi connectivity index (χ0n) is 24.6. The minimum atomic E-state index is -4.43. The van der Waals surface area contributed by atoms with Crippen LogP contribution in [0.5, 0.6) is 11.5 Å². The third kappa shape index (κ3) is 7.73. The highest BCUT2D eigenvalue weighted by Crippen LogP contribution is 2.51. The Balaban J connectivity index is 1.18. The van der Waals surface area contributed by atoms with Crippen LogP contribution in [0.3, 0.4) is 0 Å². The first-order chi connectivity index (χ1) is 20.9. The molecule has 0 spiro atoms. The van der Waals surface area contributed by atoms with Gasteiger partial charge < -0.3 is 19.1 Å². The maximum atomic E-state index is 13.4. The van der Waals surface area contributed by atoms with Crippen molar-refractivity contribution in [3.8, 4) is 11.5 Å². The van der Waals surface area contributed by atoms with Gasteiger partial charge in [-0.15, -0.1) is 0 Å². The highest BCUT2D eigenvalue weighted by molar-refractivity contribution is 6.30. The number of carbonyl (C=O) groups is 1. The van der Waals surface area contributed by atoms with E-state index in [-0.39, 0.29) is 18.1 Å². The van der Waals surface area contributed by atoms with E-state index in [2.05, 4.69) is 0 Å². The van der Waals surface area contributed by atoms with Crippen molar-refractivity contribution in [1.29, 1.82) is 0 Å². The van der Waals surface area contributed by atoms with Gasteiger partial charge in [0, 0.05) is 25.0 Å². The van der Waals surface area contributed by atoms with Gasteiger partial charge in [0.15, 0.2) is 5.60 Å². The van der Waals surface area contributed by atoms with Crippen LogP contribution in [-0.2, 0) is 15.7 Å². The van der Waals surface area contributed by atoms with Crippen molar-refractivity contribution in [3.05, 3.63) is 130 Å². The predicted octanol–water partition coefficient (Wildman–Crippen LogP) is 9.00. The normalized spacial score (nSPS) is 17.1. The second-order valence-electron chi connectivity index (χ2n) is 11.3. The van der Waals surface area contributed by atoms with Gasteiger partial charge in [0.25, 0.3) is 5.91 Å². The van der Waals surface area contributed by atoms with E-state index in [4.69, 9.17) is 25.8 Å². The molecule has 0 radical (unpaired) electrons. The summed E-state index contributed by atoms with van der Waals surface area (Å²) in [6.07, 6.45) is -4.57. The summed E-state index contributed by atoms with van der Waals surface area (Å²) in [5, 5.41) is 0.678. The molecule has 1 aliphatic heterocycles. The molecule has 5 rings (SSSR count). The summed E-state index contributed by atoms with van der Waals surface area (Å²) in [6.45, 7) is 3.76. The minimum Gasteiger partial charge on any atom is -0.486 e. The second-order valence-corrected chi connectivity index (χ2v) is 11.7. The van der Waals surface area contributed by atoms with Crippen LogP contribution in [-0.4, -0.2) is 30.0 Å². The fourth-order valence-corrected chi connectivity index (χ4v) is 5.18. The largest absolute Gasteiger partial charge is 0.486 e. The van der Waals surface area contributed by atoms with E-state index < -0.39 is 23.4 Å². The maximum absolute atomic E-state index is 13.4. The van der Waals surface area contributed by atoms with Crippen LogP contribution >= 0.6 is 11.6 Å². The summed E-state index contributed by atoms with van der Waals surface area (Å²) in [5.41, 5.74) is 1.02. The number of alkyl halides is 3. The van der Waals surface area contributed by atoms with Gasteiger partial charge in [-0.2, -0.15) is 13.2 Å². The number of likely N-dealkylation sites (N-methyl/N-ethyl adjacent to an activating group) is 1. The van der Waals surface area contributed by atoms with Gasteiger partial charge in [-0.05, 0) is 79.1 Å². The Hall–Kier alpha value is -4.01. The number of halogens is 4. The maximum Gasteiger partial charge on any atom is 0.416 e. The van der Waals surface area contributed by atoms with Crippen LogP contribution in [0.4, 0.5) is 13.2 Å². The molecule has 2 unspecified atom stereocenters. The molecule has 0 bridgehead atoms. The standard InChI is InChI=1S/C35H33ClF3NO4/c1-34(2,44-29-17-11-25(12-18-29)32-31(43-32)24-9-15-27(36)16-10-24)33(41)40(3)22-21-30(23-7-5-4-6-8-23)42-28-19-13-26(14-20-28)35(37,38)39/h4-20,30-32H,21-22H2,1-3H3/t30-,31?,32?/m1/s1. The number of nitrogens with zero attached hydrogens (tertiary/aromatic N) is 1. The molecule has 4 aromatic rings. The number of hydrogen-bond acceptors (Lipinski definition) is 4. The summed E-state index contributed by atoms with van der Waals surface area (Å²) < 4.78 is 57.1. The fraction of sp³-hybridized carbons (Fsp3) is 0.286. The van der Waals surface area contributed by atoms with Crippen LogP contribution in [0.25, 0.3) is 0 Å². The smallest absolute Gasteiger partial charge is 0.416 e. The van der Waals surface area contributed by atoms with Crippen molar-refractivity contribution in [2.24, 2.45) is 0 Å². The van der Waals surface area contributed by atoms with Crippen LogP contribution < -0.4 is 9.47 Å². The second kappa shape index (κ2) is 12.9. The SMILES string of the molecule is CN(CC[C@@H](Oc1ccc(C(F)(F)F)cc1)c1ccccc1)C(=O)C(C)(C)Oc1ccc(C2OC2c2ccc(Cl)cc2)cc1. The Bertz CT molecular complexity index is 1540. The van der Waals surface area contributed by atoms with Crippen molar-refractivity contribution < 1.29 is 32.2 Å². The predicted molar refractivity (Wildman–Crippen MR) is 163 cm³/mol. The van der Waals surface area contributed by atoms with Crippen LogP contribution in [0.15, 0.2) is 103 Å². The Kier molecular flexibility index (Phi) is 9.23. The zero-order chi connectivity index (χ0) is 31.5. The van der Waals surface area contributed by atoms with Crippen molar-refractivity contribution in [3.63, 3.8) is 0 Å². The number of hydrogen-bond donors (Lipinski definition) is 0. The first-order valence-electron chi connectivity index (χ1n) is 14.2. The van der Waals surface area contributed by atoms with E-state index in [0.29, 0.717) is 29.5 Å². The van der Waals surface area contributed by atoms with Gasteiger partial charge in [0.05, 0.1) is 5.56 Å². The molecule has 44 heavy (non-hydrogen) atoms. The first-order valence-corrected chi connectivity index (χ1v) is 14.6. The molecule has 4 aromatic carbocycles. The Morgan fingerprint density at radius 3 is 1.95 bits per heavy atom. The van der Waals surface area contributed by atoms with E-state index in [1.165, 1.54) is 12.1 Å². The molecule has 0 aliphatic carbocycles. The van der Waals surface area contributed by atoms with E-state index in [1.807, 2.05) is 78.9 Å². The lowest BCUT2D eigenvalue weighted by Gasteiger charge is -2.31. The molecule has 1 amide bonds. The van der Waals surface area contributed by atoms with Crippen LogP contribution in [0, 0.1) is 0 Å². The molecular formula is C35H33ClF3NO4. The Morgan fingerprint density at radius 2 is 1.39 bits per heavy atom. The van der Waals surface area contributed by atoms with Gasteiger partial charge >= 0.3 is 6.18 Å². The van der Waals surface area contributed by atoms with E-state index in [1.54, 1.807) is 25.8 Å². The van der Waals surface area contributed by atoms with E-state index in [0.717, 1.165) is 28.8 Å².